The number of benzene rings is 1. The second-order valence-corrected chi connectivity index (χ2v) is 4.03. The van der Waals surface area contributed by atoms with Crippen molar-refractivity contribution in [1.82, 2.24) is 4.98 Å². The van der Waals surface area contributed by atoms with Crippen molar-refractivity contribution >= 4 is 5.69 Å². The average molecular weight is 252 g/mol. The number of pyridine rings is 1. The first-order chi connectivity index (χ1) is 8.38. The molecule has 0 saturated heterocycles. The average Bonchev–Trinajstić information content (AvgIpc) is 2.27. The molecule has 2 N–H and O–H groups in total. The lowest BCUT2D eigenvalue weighted by molar-refractivity contribution is -0.137. The number of nitrogens with two attached hydrogens (primary N) is 1. The van der Waals surface area contributed by atoms with E-state index in [9.17, 15) is 13.2 Å². The van der Waals surface area contributed by atoms with Gasteiger partial charge in [-0.25, -0.2) is 0 Å². The van der Waals surface area contributed by atoms with Crippen molar-refractivity contribution in [3.8, 4) is 11.1 Å². The van der Waals surface area contributed by atoms with Crippen molar-refractivity contribution < 1.29 is 13.2 Å². The number of hydrogen-bond donors (Lipinski definition) is 1. The molecule has 0 fully saturated rings. The van der Waals surface area contributed by atoms with Crippen LogP contribution in [0.15, 0.2) is 36.7 Å². The molecule has 0 aliphatic heterocycles. The van der Waals surface area contributed by atoms with Crippen LogP contribution in [0, 0.1) is 6.92 Å². The Kier molecular flexibility index (Phi) is 2.98. The van der Waals surface area contributed by atoms with Crippen molar-refractivity contribution in [2.45, 2.75) is 13.1 Å². The minimum absolute atomic E-state index is 0.0862. The molecule has 0 aliphatic rings. The molecule has 0 amide bonds. The fourth-order valence-electron chi connectivity index (χ4n) is 1.74. The van der Waals surface area contributed by atoms with E-state index in [0.29, 0.717) is 11.1 Å². The monoisotopic (exact) mass is 252 g/mol. The third kappa shape index (κ3) is 2.45. The fourth-order valence-corrected chi connectivity index (χ4v) is 1.74. The van der Waals surface area contributed by atoms with Gasteiger partial charge in [-0.15, -0.1) is 0 Å². The molecule has 18 heavy (non-hydrogen) atoms. The van der Waals surface area contributed by atoms with E-state index in [-0.39, 0.29) is 5.69 Å². The maximum Gasteiger partial charge on any atom is 0.416 e. The molecule has 94 valence electrons. The van der Waals surface area contributed by atoms with Crippen molar-refractivity contribution in [2.24, 2.45) is 0 Å². The number of alkyl halides is 3. The molecule has 1 aromatic carbocycles. The molecule has 0 bridgehead atoms. The Bertz CT molecular complexity index is 577. The molecule has 5 heteroatoms. The van der Waals surface area contributed by atoms with Crippen LogP contribution >= 0.6 is 0 Å². The third-order valence-electron chi connectivity index (χ3n) is 2.63. The molecule has 2 nitrogen and oxygen atoms in total. The zero-order chi connectivity index (χ0) is 13.3. The van der Waals surface area contributed by atoms with Crippen molar-refractivity contribution in [3.05, 3.63) is 47.8 Å². The number of aryl methyl sites for hydroxylation is 1. The molecule has 0 atom stereocenters. The van der Waals surface area contributed by atoms with Crippen LogP contribution in [0.5, 0.6) is 0 Å². The Morgan fingerprint density at radius 2 is 1.89 bits per heavy atom. The molecule has 0 unspecified atom stereocenters. The Morgan fingerprint density at radius 1 is 1.17 bits per heavy atom. The summed E-state index contributed by atoms with van der Waals surface area (Å²) in [5, 5.41) is 0. The van der Waals surface area contributed by atoms with E-state index in [0.717, 1.165) is 17.7 Å². The lowest BCUT2D eigenvalue weighted by atomic mass is 10.00. The van der Waals surface area contributed by atoms with Gasteiger partial charge in [0.05, 0.1) is 5.56 Å². The van der Waals surface area contributed by atoms with Gasteiger partial charge in [0, 0.05) is 23.6 Å². The molecule has 2 aromatic rings. The normalized spacial score (nSPS) is 11.6. The van der Waals surface area contributed by atoms with Crippen molar-refractivity contribution in [3.63, 3.8) is 0 Å². The maximum absolute atomic E-state index is 12.7. The Hall–Kier alpha value is -2.04. The van der Waals surface area contributed by atoms with Crippen LogP contribution < -0.4 is 5.73 Å². The minimum atomic E-state index is -4.40. The molecule has 0 aliphatic carbocycles. The lowest BCUT2D eigenvalue weighted by Crippen LogP contribution is -2.06. The van der Waals surface area contributed by atoms with Crippen molar-refractivity contribution in [2.75, 3.05) is 5.73 Å². The number of nitrogens with zero attached hydrogens (tertiary/aromatic N) is 1. The van der Waals surface area contributed by atoms with Crippen LogP contribution in [-0.2, 0) is 6.18 Å². The zero-order valence-electron chi connectivity index (χ0n) is 9.62. The van der Waals surface area contributed by atoms with E-state index in [1.165, 1.54) is 12.3 Å². The quantitative estimate of drug-likeness (QED) is 0.786. The summed E-state index contributed by atoms with van der Waals surface area (Å²) in [4.78, 5) is 3.92. The fraction of sp³-hybridized carbons (Fsp3) is 0.154. The van der Waals surface area contributed by atoms with E-state index in [1.54, 1.807) is 12.3 Å². The van der Waals surface area contributed by atoms with Crippen LogP contribution in [0.4, 0.5) is 18.9 Å². The van der Waals surface area contributed by atoms with Crippen LogP contribution in [0.2, 0.25) is 0 Å². The van der Waals surface area contributed by atoms with Gasteiger partial charge in [-0.1, -0.05) is 0 Å². The van der Waals surface area contributed by atoms with Gasteiger partial charge in [-0.3, -0.25) is 4.98 Å². The second-order valence-electron chi connectivity index (χ2n) is 4.03. The van der Waals surface area contributed by atoms with Gasteiger partial charge in [0.1, 0.15) is 0 Å². The molecule has 0 saturated carbocycles. The van der Waals surface area contributed by atoms with Gasteiger partial charge in [-0.2, -0.15) is 13.2 Å². The predicted octanol–water partition coefficient (Wildman–Crippen LogP) is 3.66. The summed E-state index contributed by atoms with van der Waals surface area (Å²) in [6, 6.07) is 5.26. The van der Waals surface area contributed by atoms with Gasteiger partial charge < -0.3 is 5.73 Å². The zero-order valence-corrected chi connectivity index (χ0v) is 9.62. The molecule has 0 radical (unpaired) electrons. The molecule has 1 heterocycles. The van der Waals surface area contributed by atoms with Crippen molar-refractivity contribution in [1.29, 1.82) is 0 Å². The summed E-state index contributed by atoms with van der Waals surface area (Å²) >= 11 is 0. The second kappa shape index (κ2) is 4.33. The minimum Gasteiger partial charge on any atom is -0.399 e. The maximum atomic E-state index is 12.7. The number of hydrogen-bond acceptors (Lipinski definition) is 2. The summed E-state index contributed by atoms with van der Waals surface area (Å²) in [6.07, 6.45) is -1.28. The van der Waals surface area contributed by atoms with Crippen LogP contribution in [0.3, 0.4) is 0 Å². The molecule has 1 aromatic heterocycles. The molecular formula is C13H11F3N2. The van der Waals surface area contributed by atoms with Gasteiger partial charge in [0.15, 0.2) is 0 Å². The van der Waals surface area contributed by atoms with Gasteiger partial charge in [0.2, 0.25) is 0 Å². The van der Waals surface area contributed by atoms with Crippen LogP contribution in [-0.4, -0.2) is 4.98 Å². The van der Waals surface area contributed by atoms with E-state index in [1.807, 2.05) is 6.92 Å². The Labute approximate surface area is 102 Å². The third-order valence-corrected chi connectivity index (χ3v) is 2.63. The molecular weight excluding hydrogens is 241 g/mol. The molecule has 0 spiro atoms. The first kappa shape index (κ1) is 12.4. The summed E-state index contributed by atoms with van der Waals surface area (Å²) in [7, 11) is 0. The number of nitrogen functional groups attached to an aromatic ring is 1. The van der Waals surface area contributed by atoms with Gasteiger partial charge in [-0.05, 0) is 42.3 Å². The number of rotatable bonds is 1. The first-order valence-corrected chi connectivity index (χ1v) is 5.26. The number of anilines is 1. The highest BCUT2D eigenvalue weighted by Gasteiger charge is 2.31. The lowest BCUT2D eigenvalue weighted by Gasteiger charge is -2.11. The van der Waals surface area contributed by atoms with E-state index >= 15 is 0 Å². The largest absolute Gasteiger partial charge is 0.416 e. The topological polar surface area (TPSA) is 38.9 Å². The highest BCUT2D eigenvalue weighted by atomic mass is 19.4. The summed E-state index contributed by atoms with van der Waals surface area (Å²) in [5.74, 6) is 0. The standard InChI is InChI=1S/C13H11F3N2/c1-8-2-3-18-7-12(8)9-4-10(13(14,15)16)6-11(17)5-9/h2-7H,17H2,1H3. The van der Waals surface area contributed by atoms with E-state index in [2.05, 4.69) is 4.98 Å². The first-order valence-electron chi connectivity index (χ1n) is 5.26. The Morgan fingerprint density at radius 3 is 2.50 bits per heavy atom. The highest BCUT2D eigenvalue weighted by molar-refractivity contribution is 5.70. The molecule has 2 rings (SSSR count). The number of halogens is 3. The summed E-state index contributed by atoms with van der Waals surface area (Å²) in [6.45, 7) is 1.81. The smallest absolute Gasteiger partial charge is 0.399 e. The SMILES string of the molecule is Cc1ccncc1-c1cc(N)cc(C(F)(F)F)c1. The summed E-state index contributed by atoms with van der Waals surface area (Å²) < 4.78 is 38.1. The predicted molar refractivity (Wildman–Crippen MR) is 63.8 cm³/mol. The summed E-state index contributed by atoms with van der Waals surface area (Å²) in [5.41, 5.74) is 6.78. The van der Waals surface area contributed by atoms with E-state index < -0.39 is 11.7 Å². The van der Waals surface area contributed by atoms with Crippen LogP contribution in [0.1, 0.15) is 11.1 Å². The highest BCUT2D eigenvalue weighted by Crippen LogP contribution is 2.34. The number of aromatic nitrogens is 1. The van der Waals surface area contributed by atoms with E-state index in [4.69, 9.17) is 5.73 Å². The van der Waals surface area contributed by atoms with Gasteiger partial charge >= 0.3 is 6.18 Å². The van der Waals surface area contributed by atoms with Crippen LogP contribution in [0.25, 0.3) is 11.1 Å². The van der Waals surface area contributed by atoms with Gasteiger partial charge in [0.25, 0.3) is 0 Å². The Balaban J connectivity index is 2.60.